The number of rotatable bonds is 6. The number of hydrogen-bond donors (Lipinski definition) is 1. The molecule has 0 amide bonds. The molecule has 0 aromatic rings. The van der Waals surface area contributed by atoms with Crippen LogP contribution in [0.15, 0.2) is 0 Å². The van der Waals surface area contributed by atoms with Gasteiger partial charge in [0.1, 0.15) is 5.60 Å². The van der Waals surface area contributed by atoms with Crippen LogP contribution in [0.2, 0.25) is 0 Å². The first-order valence-corrected chi connectivity index (χ1v) is 5.75. The van der Waals surface area contributed by atoms with E-state index in [1.807, 2.05) is 0 Å². The third-order valence-electron chi connectivity index (χ3n) is 2.81. The Hall–Kier alpha value is -0.120. The Balaban J connectivity index is 2.22. The summed E-state index contributed by atoms with van der Waals surface area (Å²) in [7, 11) is 0. The molecule has 1 atom stereocenters. The van der Waals surface area contributed by atoms with E-state index in [4.69, 9.17) is 15.2 Å². The molecule has 2 N–H and O–H groups in total. The highest BCUT2D eigenvalue weighted by atomic mass is 16.5. The molecule has 0 aromatic carbocycles. The van der Waals surface area contributed by atoms with Gasteiger partial charge in [-0.1, -0.05) is 19.8 Å². The molecular formula is C11H23NO2. The van der Waals surface area contributed by atoms with Crippen molar-refractivity contribution >= 4 is 0 Å². The normalized spacial score (nSPS) is 27.9. The van der Waals surface area contributed by atoms with E-state index in [9.17, 15) is 0 Å². The van der Waals surface area contributed by atoms with Gasteiger partial charge in [0.05, 0.1) is 6.61 Å². The monoisotopic (exact) mass is 201 g/mol. The lowest BCUT2D eigenvalue weighted by Gasteiger charge is -2.35. The van der Waals surface area contributed by atoms with Crippen molar-refractivity contribution in [2.24, 2.45) is 5.73 Å². The lowest BCUT2D eigenvalue weighted by molar-refractivity contribution is -0.123. The zero-order chi connectivity index (χ0) is 10.3. The van der Waals surface area contributed by atoms with Gasteiger partial charge in [0.2, 0.25) is 0 Å². The van der Waals surface area contributed by atoms with Gasteiger partial charge in [0, 0.05) is 19.8 Å². The molecule has 1 heterocycles. The summed E-state index contributed by atoms with van der Waals surface area (Å²) in [5, 5.41) is 0. The van der Waals surface area contributed by atoms with Gasteiger partial charge in [0.25, 0.3) is 0 Å². The number of unbranched alkanes of at least 4 members (excludes halogenated alkanes) is 2. The van der Waals surface area contributed by atoms with Crippen LogP contribution in [-0.2, 0) is 9.47 Å². The predicted molar refractivity (Wildman–Crippen MR) is 57.3 cm³/mol. The molecule has 0 radical (unpaired) electrons. The zero-order valence-electron chi connectivity index (χ0n) is 9.26. The molecule has 0 saturated carbocycles. The standard InChI is InChI=1S/C11H23NO2/c1-2-3-4-8-14-11(9-12)6-5-7-13-10-11/h2-10,12H2,1H3. The van der Waals surface area contributed by atoms with Gasteiger partial charge in [-0.15, -0.1) is 0 Å². The maximum absolute atomic E-state index is 5.87. The smallest absolute Gasteiger partial charge is 0.104 e. The van der Waals surface area contributed by atoms with Crippen LogP contribution in [0.25, 0.3) is 0 Å². The molecule has 1 fully saturated rings. The van der Waals surface area contributed by atoms with Gasteiger partial charge in [-0.05, 0) is 19.3 Å². The Morgan fingerprint density at radius 2 is 2.29 bits per heavy atom. The summed E-state index contributed by atoms with van der Waals surface area (Å²) in [6.45, 7) is 5.14. The Bertz CT molecular complexity index is 144. The Morgan fingerprint density at radius 1 is 1.43 bits per heavy atom. The Morgan fingerprint density at radius 3 is 2.86 bits per heavy atom. The van der Waals surface area contributed by atoms with Crippen LogP contribution in [-0.4, -0.2) is 32.0 Å². The summed E-state index contributed by atoms with van der Waals surface area (Å²) in [4.78, 5) is 0. The Labute approximate surface area is 86.9 Å². The van der Waals surface area contributed by atoms with Crippen molar-refractivity contribution in [3.8, 4) is 0 Å². The second-order valence-electron chi connectivity index (χ2n) is 4.10. The highest BCUT2D eigenvalue weighted by molar-refractivity contribution is 4.84. The van der Waals surface area contributed by atoms with E-state index in [1.54, 1.807) is 0 Å². The van der Waals surface area contributed by atoms with Gasteiger partial charge in [0.15, 0.2) is 0 Å². The molecule has 84 valence electrons. The SMILES string of the molecule is CCCCCOC1(CN)CCCOC1. The van der Waals surface area contributed by atoms with Crippen molar-refractivity contribution in [2.75, 3.05) is 26.4 Å². The molecule has 1 aliphatic rings. The number of ether oxygens (including phenoxy) is 2. The first kappa shape index (κ1) is 12.0. The minimum atomic E-state index is -0.175. The van der Waals surface area contributed by atoms with E-state index in [0.717, 1.165) is 32.5 Å². The van der Waals surface area contributed by atoms with Crippen LogP contribution in [0.5, 0.6) is 0 Å². The third kappa shape index (κ3) is 3.56. The van der Waals surface area contributed by atoms with Crippen molar-refractivity contribution in [1.82, 2.24) is 0 Å². The lowest BCUT2D eigenvalue weighted by Crippen LogP contribution is -2.48. The first-order valence-electron chi connectivity index (χ1n) is 5.75. The minimum Gasteiger partial charge on any atom is -0.378 e. The van der Waals surface area contributed by atoms with Crippen molar-refractivity contribution in [1.29, 1.82) is 0 Å². The zero-order valence-corrected chi connectivity index (χ0v) is 9.26. The fourth-order valence-corrected chi connectivity index (χ4v) is 1.80. The van der Waals surface area contributed by atoms with Gasteiger partial charge in [-0.3, -0.25) is 0 Å². The van der Waals surface area contributed by atoms with E-state index < -0.39 is 0 Å². The molecule has 1 rings (SSSR count). The van der Waals surface area contributed by atoms with Crippen LogP contribution in [0.3, 0.4) is 0 Å². The molecule has 3 nitrogen and oxygen atoms in total. The summed E-state index contributed by atoms with van der Waals surface area (Å²) in [6, 6.07) is 0. The van der Waals surface area contributed by atoms with E-state index in [0.29, 0.717) is 13.2 Å². The van der Waals surface area contributed by atoms with Gasteiger partial charge >= 0.3 is 0 Å². The number of nitrogens with two attached hydrogens (primary N) is 1. The molecule has 1 unspecified atom stereocenters. The maximum atomic E-state index is 5.87. The van der Waals surface area contributed by atoms with Crippen LogP contribution in [0.1, 0.15) is 39.0 Å². The lowest BCUT2D eigenvalue weighted by atomic mass is 9.96. The summed E-state index contributed by atoms with van der Waals surface area (Å²) in [5.74, 6) is 0. The van der Waals surface area contributed by atoms with Gasteiger partial charge in [-0.2, -0.15) is 0 Å². The maximum Gasteiger partial charge on any atom is 0.104 e. The van der Waals surface area contributed by atoms with Gasteiger partial charge in [-0.25, -0.2) is 0 Å². The second-order valence-corrected chi connectivity index (χ2v) is 4.10. The fourth-order valence-electron chi connectivity index (χ4n) is 1.80. The first-order chi connectivity index (χ1) is 6.83. The van der Waals surface area contributed by atoms with Crippen molar-refractivity contribution < 1.29 is 9.47 Å². The largest absolute Gasteiger partial charge is 0.378 e. The molecule has 3 heteroatoms. The van der Waals surface area contributed by atoms with E-state index in [2.05, 4.69) is 6.92 Å². The average Bonchev–Trinajstić information content (AvgIpc) is 2.26. The average molecular weight is 201 g/mol. The quantitative estimate of drug-likeness (QED) is 0.665. The molecule has 0 spiro atoms. The van der Waals surface area contributed by atoms with Crippen LogP contribution < -0.4 is 5.73 Å². The summed E-state index contributed by atoms with van der Waals surface area (Å²) >= 11 is 0. The van der Waals surface area contributed by atoms with Crippen molar-refractivity contribution in [3.63, 3.8) is 0 Å². The second kappa shape index (κ2) is 6.38. The Kier molecular flexibility index (Phi) is 5.45. The molecule has 1 saturated heterocycles. The van der Waals surface area contributed by atoms with E-state index in [1.165, 1.54) is 12.8 Å². The third-order valence-corrected chi connectivity index (χ3v) is 2.81. The van der Waals surface area contributed by atoms with Crippen molar-refractivity contribution in [3.05, 3.63) is 0 Å². The van der Waals surface area contributed by atoms with Gasteiger partial charge < -0.3 is 15.2 Å². The highest BCUT2D eigenvalue weighted by Gasteiger charge is 2.32. The topological polar surface area (TPSA) is 44.5 Å². The molecule has 0 bridgehead atoms. The van der Waals surface area contributed by atoms with Crippen LogP contribution in [0, 0.1) is 0 Å². The van der Waals surface area contributed by atoms with E-state index in [-0.39, 0.29) is 5.60 Å². The van der Waals surface area contributed by atoms with Crippen LogP contribution >= 0.6 is 0 Å². The predicted octanol–water partition coefficient (Wildman–Crippen LogP) is 1.70. The molecule has 0 aliphatic carbocycles. The molecular weight excluding hydrogens is 178 g/mol. The van der Waals surface area contributed by atoms with Crippen molar-refractivity contribution in [2.45, 2.75) is 44.6 Å². The summed E-state index contributed by atoms with van der Waals surface area (Å²) in [5.41, 5.74) is 5.57. The minimum absolute atomic E-state index is 0.175. The highest BCUT2D eigenvalue weighted by Crippen LogP contribution is 2.22. The summed E-state index contributed by atoms with van der Waals surface area (Å²) in [6.07, 6.45) is 5.73. The summed E-state index contributed by atoms with van der Waals surface area (Å²) < 4.78 is 11.3. The molecule has 1 aliphatic heterocycles. The number of hydrogen-bond acceptors (Lipinski definition) is 3. The van der Waals surface area contributed by atoms with Crippen LogP contribution in [0.4, 0.5) is 0 Å². The molecule has 14 heavy (non-hydrogen) atoms. The fraction of sp³-hybridized carbons (Fsp3) is 1.00. The molecule has 0 aromatic heterocycles. The van der Waals surface area contributed by atoms with E-state index >= 15 is 0 Å².